The number of nitrogens with one attached hydrogen (secondary N) is 1. The van der Waals surface area contributed by atoms with E-state index < -0.39 is 12.1 Å². The molecule has 0 aliphatic rings. The Balaban J connectivity index is 3.39. The molecule has 0 aliphatic heterocycles. The standard InChI is InChI=1S/C46H91NO3/c1-3-5-7-9-11-13-14-15-16-17-18-19-20-21-22-23-24-25-26-27-28-29-30-31-32-34-36-38-40-42-46(50)47-44(43-48)45(49)41-39-37-35-33-12-10-8-6-4-2/h21-22,44-45,48-49H,3-20,23-43H2,1-2H3,(H,47,50)/b22-21-. The number of aliphatic hydroxyl groups excluding tert-OH is 2. The molecule has 0 aromatic carbocycles. The van der Waals surface area contributed by atoms with Gasteiger partial charge in [-0.25, -0.2) is 0 Å². The number of unbranched alkanes of at least 4 members (excludes halogenated alkanes) is 33. The second-order valence-corrected chi connectivity index (χ2v) is 15.8. The van der Waals surface area contributed by atoms with Gasteiger partial charge >= 0.3 is 0 Å². The van der Waals surface area contributed by atoms with Crippen LogP contribution in [0.5, 0.6) is 0 Å². The smallest absolute Gasteiger partial charge is 0.220 e. The number of aliphatic hydroxyl groups is 2. The summed E-state index contributed by atoms with van der Waals surface area (Å²) < 4.78 is 0. The molecule has 2 unspecified atom stereocenters. The molecule has 0 saturated heterocycles. The molecule has 50 heavy (non-hydrogen) atoms. The lowest BCUT2D eigenvalue weighted by Crippen LogP contribution is -2.45. The summed E-state index contributed by atoms with van der Waals surface area (Å²) in [4.78, 5) is 12.4. The number of rotatable bonds is 42. The summed E-state index contributed by atoms with van der Waals surface area (Å²) in [6.45, 7) is 4.35. The van der Waals surface area contributed by atoms with Crippen molar-refractivity contribution in [2.45, 2.75) is 270 Å². The van der Waals surface area contributed by atoms with Crippen LogP contribution in [0.25, 0.3) is 0 Å². The second-order valence-electron chi connectivity index (χ2n) is 15.8. The molecule has 0 saturated carbocycles. The van der Waals surface area contributed by atoms with E-state index in [4.69, 9.17) is 0 Å². The molecule has 0 spiro atoms. The second kappa shape index (κ2) is 42.5. The Labute approximate surface area is 314 Å². The van der Waals surface area contributed by atoms with E-state index in [0.717, 1.165) is 25.7 Å². The third-order valence-electron chi connectivity index (χ3n) is 10.8. The van der Waals surface area contributed by atoms with E-state index in [0.29, 0.717) is 12.8 Å². The van der Waals surface area contributed by atoms with Crippen molar-refractivity contribution in [3.8, 4) is 0 Å². The monoisotopic (exact) mass is 706 g/mol. The topological polar surface area (TPSA) is 69.6 Å². The van der Waals surface area contributed by atoms with Crippen molar-refractivity contribution >= 4 is 5.91 Å². The molecule has 0 aromatic heterocycles. The Bertz CT molecular complexity index is 680. The molecule has 3 N–H and O–H groups in total. The Morgan fingerprint density at radius 1 is 0.460 bits per heavy atom. The number of carbonyl (C=O) groups excluding carboxylic acids is 1. The summed E-state index contributed by atoms with van der Waals surface area (Å²) in [5.74, 6) is -0.0309. The predicted molar refractivity (Wildman–Crippen MR) is 221 cm³/mol. The van der Waals surface area contributed by atoms with E-state index in [1.165, 1.54) is 205 Å². The Morgan fingerprint density at radius 2 is 0.760 bits per heavy atom. The molecule has 0 aromatic rings. The van der Waals surface area contributed by atoms with Crippen LogP contribution in [0.2, 0.25) is 0 Å². The third-order valence-corrected chi connectivity index (χ3v) is 10.8. The highest BCUT2D eigenvalue weighted by atomic mass is 16.3. The molecule has 0 radical (unpaired) electrons. The molecule has 0 rings (SSSR count). The number of carbonyl (C=O) groups is 1. The summed E-state index contributed by atoms with van der Waals surface area (Å²) >= 11 is 0. The highest BCUT2D eigenvalue weighted by molar-refractivity contribution is 5.76. The third kappa shape index (κ3) is 38.4. The quantitative estimate of drug-likeness (QED) is 0.0437. The van der Waals surface area contributed by atoms with Crippen molar-refractivity contribution < 1.29 is 15.0 Å². The van der Waals surface area contributed by atoms with E-state index in [1.54, 1.807) is 0 Å². The Kier molecular flexibility index (Phi) is 41.8. The van der Waals surface area contributed by atoms with Crippen molar-refractivity contribution in [1.82, 2.24) is 5.32 Å². The van der Waals surface area contributed by atoms with Gasteiger partial charge in [0.1, 0.15) is 0 Å². The summed E-state index contributed by atoms with van der Waals surface area (Å²) in [7, 11) is 0. The molecule has 0 aliphatic carbocycles. The van der Waals surface area contributed by atoms with Crippen LogP contribution in [0, 0.1) is 0 Å². The summed E-state index contributed by atoms with van der Waals surface area (Å²) in [5, 5.41) is 23.0. The molecule has 2 atom stereocenters. The van der Waals surface area contributed by atoms with Crippen LogP contribution in [0.3, 0.4) is 0 Å². The van der Waals surface area contributed by atoms with Crippen LogP contribution in [-0.2, 0) is 4.79 Å². The van der Waals surface area contributed by atoms with Crippen molar-refractivity contribution in [3.63, 3.8) is 0 Å². The van der Waals surface area contributed by atoms with Crippen LogP contribution >= 0.6 is 0 Å². The largest absolute Gasteiger partial charge is 0.394 e. The van der Waals surface area contributed by atoms with Gasteiger partial charge in [0.25, 0.3) is 0 Å². The van der Waals surface area contributed by atoms with Crippen molar-refractivity contribution in [1.29, 1.82) is 0 Å². The highest BCUT2D eigenvalue weighted by Gasteiger charge is 2.20. The van der Waals surface area contributed by atoms with Crippen LogP contribution in [0.15, 0.2) is 12.2 Å². The lowest BCUT2D eigenvalue weighted by Gasteiger charge is -2.22. The average molecular weight is 706 g/mol. The summed E-state index contributed by atoms with van der Waals surface area (Å²) in [6.07, 6.45) is 53.2. The minimum Gasteiger partial charge on any atom is -0.394 e. The van der Waals surface area contributed by atoms with E-state index >= 15 is 0 Å². The summed E-state index contributed by atoms with van der Waals surface area (Å²) in [6, 6.07) is -0.530. The fraction of sp³-hybridized carbons (Fsp3) is 0.935. The van der Waals surface area contributed by atoms with Crippen molar-refractivity contribution in [2.24, 2.45) is 0 Å². The number of amides is 1. The zero-order valence-electron chi connectivity index (χ0n) is 34.2. The fourth-order valence-corrected chi connectivity index (χ4v) is 7.24. The first-order valence-electron chi connectivity index (χ1n) is 22.9. The maximum atomic E-state index is 12.4. The van der Waals surface area contributed by atoms with Crippen LogP contribution in [0.4, 0.5) is 0 Å². The molecule has 0 fully saturated rings. The van der Waals surface area contributed by atoms with Crippen molar-refractivity contribution in [3.05, 3.63) is 12.2 Å². The van der Waals surface area contributed by atoms with Gasteiger partial charge in [0.2, 0.25) is 5.91 Å². The van der Waals surface area contributed by atoms with Gasteiger partial charge in [0.15, 0.2) is 0 Å². The van der Waals surface area contributed by atoms with Crippen LogP contribution in [-0.4, -0.2) is 34.9 Å². The van der Waals surface area contributed by atoms with Gasteiger partial charge in [-0.1, -0.05) is 225 Å². The van der Waals surface area contributed by atoms with Gasteiger partial charge in [0.05, 0.1) is 18.8 Å². The molecular weight excluding hydrogens is 615 g/mol. The molecule has 4 heteroatoms. The van der Waals surface area contributed by atoms with Crippen LogP contribution in [0.1, 0.15) is 258 Å². The minimum atomic E-state index is -0.653. The highest BCUT2D eigenvalue weighted by Crippen LogP contribution is 2.16. The predicted octanol–water partition coefficient (Wildman–Crippen LogP) is 14.2. The first-order valence-corrected chi connectivity index (χ1v) is 22.9. The maximum Gasteiger partial charge on any atom is 0.220 e. The van der Waals surface area contributed by atoms with Gasteiger partial charge in [-0.05, 0) is 38.5 Å². The van der Waals surface area contributed by atoms with E-state index in [2.05, 4.69) is 31.3 Å². The Morgan fingerprint density at radius 3 is 1.10 bits per heavy atom. The average Bonchev–Trinajstić information content (AvgIpc) is 3.12. The molecular formula is C46H91NO3. The number of allylic oxidation sites excluding steroid dienone is 2. The van der Waals surface area contributed by atoms with E-state index in [-0.39, 0.29) is 12.5 Å². The number of hydrogen-bond donors (Lipinski definition) is 3. The first kappa shape index (κ1) is 49.1. The maximum absolute atomic E-state index is 12.4. The van der Waals surface area contributed by atoms with Crippen molar-refractivity contribution in [2.75, 3.05) is 6.61 Å². The number of hydrogen-bond acceptors (Lipinski definition) is 3. The fourth-order valence-electron chi connectivity index (χ4n) is 7.24. The lowest BCUT2D eigenvalue weighted by molar-refractivity contribution is -0.123. The zero-order valence-corrected chi connectivity index (χ0v) is 34.2. The van der Waals surface area contributed by atoms with Gasteiger partial charge in [-0.2, -0.15) is 0 Å². The van der Waals surface area contributed by atoms with E-state index in [1.807, 2.05) is 0 Å². The lowest BCUT2D eigenvalue weighted by atomic mass is 10.0. The van der Waals surface area contributed by atoms with E-state index in [9.17, 15) is 15.0 Å². The molecule has 1 amide bonds. The van der Waals surface area contributed by atoms with Gasteiger partial charge in [-0.3, -0.25) is 4.79 Å². The SMILES string of the molecule is CCCCCCCCCCCCCC/C=C\CCCCCCCCCCCCCCCC(=O)NC(CO)C(O)CCCCCCCCCCC. The molecule has 298 valence electrons. The molecule has 0 heterocycles. The normalized spacial score (nSPS) is 13.0. The van der Waals surface area contributed by atoms with Gasteiger partial charge < -0.3 is 15.5 Å². The Hall–Kier alpha value is -0.870. The summed E-state index contributed by atoms with van der Waals surface area (Å²) in [5.41, 5.74) is 0. The van der Waals surface area contributed by atoms with Gasteiger partial charge in [-0.15, -0.1) is 0 Å². The first-order chi connectivity index (χ1) is 24.7. The zero-order chi connectivity index (χ0) is 36.4. The minimum absolute atomic E-state index is 0.0309. The molecule has 4 nitrogen and oxygen atoms in total. The van der Waals surface area contributed by atoms with Crippen LogP contribution < -0.4 is 5.32 Å². The van der Waals surface area contributed by atoms with Gasteiger partial charge in [0, 0.05) is 6.42 Å². The molecule has 0 bridgehead atoms.